The molecule has 21 heavy (non-hydrogen) atoms. The van der Waals surface area contributed by atoms with Gasteiger partial charge in [-0.15, -0.1) is 0 Å². The Morgan fingerprint density at radius 1 is 1.00 bits per heavy atom. The van der Waals surface area contributed by atoms with E-state index in [1.807, 2.05) is 0 Å². The van der Waals surface area contributed by atoms with Gasteiger partial charge in [0.1, 0.15) is 0 Å². The van der Waals surface area contributed by atoms with Crippen LogP contribution in [0.15, 0.2) is 63.5 Å². The molecule has 0 radical (unpaired) electrons. The molecule has 1 amide bonds. The second-order valence-electron chi connectivity index (χ2n) is 4.31. The summed E-state index contributed by atoms with van der Waals surface area (Å²) in [5, 5.41) is 5.14. The molecule has 0 saturated heterocycles. The monoisotopic (exact) mass is 279 g/mol. The molecule has 0 aliphatic rings. The second kappa shape index (κ2) is 5.09. The van der Waals surface area contributed by atoms with Gasteiger partial charge in [-0.25, -0.2) is 5.01 Å². The van der Waals surface area contributed by atoms with Crippen molar-refractivity contribution in [2.75, 3.05) is 5.01 Å². The van der Waals surface area contributed by atoms with Crippen LogP contribution in [0.5, 0.6) is 0 Å². The van der Waals surface area contributed by atoms with Crippen molar-refractivity contribution in [3.63, 3.8) is 0 Å². The van der Waals surface area contributed by atoms with Gasteiger partial charge in [0.25, 0.3) is 0 Å². The molecular weight excluding hydrogens is 270 g/mol. The zero-order chi connectivity index (χ0) is 14.8. The Labute approximate surface area is 118 Å². The van der Waals surface area contributed by atoms with Gasteiger partial charge in [-0.1, -0.05) is 24.3 Å². The lowest BCUT2D eigenvalue weighted by molar-refractivity contribution is -0.107. The lowest BCUT2D eigenvalue weighted by atomic mass is 10.2. The number of hydrogen-bond donors (Lipinski definition) is 0. The summed E-state index contributed by atoms with van der Waals surface area (Å²) in [4.78, 5) is 39.4. The summed E-state index contributed by atoms with van der Waals surface area (Å²) in [6, 6.07) is 9.69. The van der Waals surface area contributed by atoms with Crippen LogP contribution in [0.4, 0.5) is 5.69 Å². The molecule has 0 aliphatic carbocycles. The summed E-state index contributed by atoms with van der Waals surface area (Å²) in [5.41, 5.74) is -0.589. The number of hydrogen-bond acceptors (Lipinski definition) is 5. The number of fused-ring (bicyclic) bond motifs is 1. The molecular formula is C15H9N3O3. The van der Waals surface area contributed by atoms with Gasteiger partial charge in [0.15, 0.2) is 5.36 Å². The van der Waals surface area contributed by atoms with Crippen LogP contribution >= 0.6 is 0 Å². The first-order valence-electron chi connectivity index (χ1n) is 6.14. The Kier molecular flexibility index (Phi) is 3.12. The summed E-state index contributed by atoms with van der Waals surface area (Å²) in [5.74, 6) is 0. The number of carbonyl (C=O) groups excluding carboxylic acids is 1. The largest absolute Gasteiger partial charge is 0.287 e. The number of aromatic nitrogens is 1. The van der Waals surface area contributed by atoms with E-state index in [1.165, 1.54) is 6.20 Å². The minimum atomic E-state index is -0.480. The Morgan fingerprint density at radius 3 is 2.19 bits per heavy atom. The van der Waals surface area contributed by atoms with Gasteiger partial charge < -0.3 is 0 Å². The number of carbonyl (C=O) groups is 1. The number of amides is 1. The molecule has 0 saturated carbocycles. The fourth-order valence-electron chi connectivity index (χ4n) is 2.07. The predicted molar refractivity (Wildman–Crippen MR) is 77.2 cm³/mol. The molecule has 0 atom stereocenters. The third-order valence-electron chi connectivity index (χ3n) is 3.06. The minimum Gasteiger partial charge on any atom is -0.287 e. The maximum Gasteiger partial charge on any atom is 0.234 e. The van der Waals surface area contributed by atoms with E-state index in [-0.39, 0.29) is 5.36 Å². The number of benzene rings is 1. The molecule has 2 aromatic carbocycles. The average Bonchev–Trinajstić information content (AvgIpc) is 2.78. The van der Waals surface area contributed by atoms with Crippen LogP contribution in [-0.2, 0) is 4.79 Å². The van der Waals surface area contributed by atoms with Crippen LogP contribution in [0.25, 0.3) is 10.8 Å². The van der Waals surface area contributed by atoms with Crippen LogP contribution in [0.2, 0.25) is 0 Å². The quantitative estimate of drug-likeness (QED) is 0.510. The molecule has 0 bridgehead atoms. The maximum absolute atomic E-state index is 12.2. The van der Waals surface area contributed by atoms with Gasteiger partial charge >= 0.3 is 0 Å². The van der Waals surface area contributed by atoms with Crippen LogP contribution in [0.1, 0.15) is 0 Å². The smallest absolute Gasteiger partial charge is 0.234 e. The minimum absolute atomic E-state index is 0.271. The van der Waals surface area contributed by atoms with Gasteiger partial charge in [0.05, 0.1) is 11.9 Å². The third-order valence-corrected chi connectivity index (χ3v) is 3.06. The standard InChI is InChI=1S/C15H9N3O3/c19-9-18(10-4-3-7-16-8-10)17-13-14(20)11-5-1-2-6-12(11)15(13)21/h1-9H. The molecule has 0 spiro atoms. The SMILES string of the molecule is O=CN(N=c1c(=O)c2ccccc2c1=O)c1cccnc1. The molecule has 0 aliphatic heterocycles. The van der Waals surface area contributed by atoms with Crippen LogP contribution in [-0.4, -0.2) is 11.4 Å². The summed E-state index contributed by atoms with van der Waals surface area (Å²) in [7, 11) is 0. The average molecular weight is 279 g/mol. The van der Waals surface area contributed by atoms with Gasteiger partial charge in [-0.3, -0.25) is 19.4 Å². The molecule has 0 unspecified atom stereocenters. The first-order valence-corrected chi connectivity index (χ1v) is 6.14. The Hall–Kier alpha value is -3.15. The van der Waals surface area contributed by atoms with Crippen molar-refractivity contribution in [2.24, 2.45) is 5.10 Å². The number of anilines is 1. The number of rotatable bonds is 3. The van der Waals surface area contributed by atoms with E-state index in [0.717, 1.165) is 5.01 Å². The highest BCUT2D eigenvalue weighted by molar-refractivity contribution is 5.83. The Morgan fingerprint density at radius 2 is 1.67 bits per heavy atom. The van der Waals surface area contributed by atoms with Gasteiger partial charge in [0.2, 0.25) is 17.3 Å². The first kappa shape index (κ1) is 12.9. The van der Waals surface area contributed by atoms with E-state index in [0.29, 0.717) is 22.9 Å². The molecule has 6 nitrogen and oxygen atoms in total. The van der Waals surface area contributed by atoms with Crippen molar-refractivity contribution in [3.05, 3.63) is 74.6 Å². The third kappa shape index (κ3) is 2.12. The van der Waals surface area contributed by atoms with Crippen molar-refractivity contribution in [3.8, 4) is 0 Å². The van der Waals surface area contributed by atoms with E-state index in [1.54, 1.807) is 42.6 Å². The Balaban J connectivity index is 2.27. The topological polar surface area (TPSA) is 79.7 Å². The van der Waals surface area contributed by atoms with Gasteiger partial charge in [0, 0.05) is 17.0 Å². The second-order valence-corrected chi connectivity index (χ2v) is 4.31. The molecule has 102 valence electrons. The lowest BCUT2D eigenvalue weighted by Gasteiger charge is -2.08. The van der Waals surface area contributed by atoms with Crippen molar-refractivity contribution >= 4 is 22.9 Å². The van der Waals surface area contributed by atoms with Gasteiger partial charge in [-0.2, -0.15) is 5.10 Å². The summed E-state index contributed by atoms with van der Waals surface area (Å²) < 4.78 is 0. The van der Waals surface area contributed by atoms with E-state index >= 15 is 0 Å². The normalized spacial score (nSPS) is 10.5. The maximum atomic E-state index is 12.2. The molecule has 1 aromatic heterocycles. The highest BCUT2D eigenvalue weighted by Gasteiger charge is 2.12. The fraction of sp³-hybridized carbons (Fsp3) is 0. The van der Waals surface area contributed by atoms with Crippen molar-refractivity contribution in [1.82, 2.24) is 4.98 Å². The zero-order valence-corrected chi connectivity index (χ0v) is 10.8. The van der Waals surface area contributed by atoms with E-state index in [4.69, 9.17) is 0 Å². The summed E-state index contributed by atoms with van der Waals surface area (Å²) >= 11 is 0. The highest BCUT2D eigenvalue weighted by atomic mass is 16.1. The summed E-state index contributed by atoms with van der Waals surface area (Å²) in [6.45, 7) is 0. The molecule has 3 rings (SSSR count). The predicted octanol–water partition coefficient (Wildman–Crippen LogP) is 0.309. The molecule has 0 N–H and O–H groups in total. The van der Waals surface area contributed by atoms with Crippen molar-refractivity contribution in [1.29, 1.82) is 0 Å². The number of nitrogens with zero attached hydrogens (tertiary/aromatic N) is 3. The van der Waals surface area contributed by atoms with Crippen molar-refractivity contribution < 1.29 is 4.79 Å². The lowest BCUT2D eigenvalue weighted by Crippen LogP contribution is -2.35. The van der Waals surface area contributed by atoms with Crippen LogP contribution < -0.4 is 21.2 Å². The summed E-state index contributed by atoms with van der Waals surface area (Å²) in [6.07, 6.45) is 3.38. The molecule has 1 heterocycles. The molecule has 0 fully saturated rings. The van der Waals surface area contributed by atoms with E-state index in [9.17, 15) is 14.4 Å². The molecule has 6 heteroatoms. The van der Waals surface area contributed by atoms with Crippen LogP contribution in [0.3, 0.4) is 0 Å². The van der Waals surface area contributed by atoms with Gasteiger partial charge in [-0.05, 0) is 12.1 Å². The zero-order valence-electron chi connectivity index (χ0n) is 10.8. The van der Waals surface area contributed by atoms with E-state index in [2.05, 4.69) is 10.1 Å². The fourth-order valence-corrected chi connectivity index (χ4v) is 2.07. The first-order chi connectivity index (χ1) is 10.2. The highest BCUT2D eigenvalue weighted by Crippen LogP contribution is 2.09. The van der Waals surface area contributed by atoms with E-state index < -0.39 is 10.9 Å². The Bertz CT molecular complexity index is 907. The number of pyridine rings is 1. The molecule has 3 aromatic rings. The van der Waals surface area contributed by atoms with Crippen LogP contribution in [0, 0.1) is 0 Å². The van der Waals surface area contributed by atoms with Crippen molar-refractivity contribution in [2.45, 2.75) is 0 Å².